The summed E-state index contributed by atoms with van der Waals surface area (Å²) in [5, 5.41) is 0. The van der Waals surface area contributed by atoms with E-state index in [1.807, 2.05) is 19.9 Å². The van der Waals surface area contributed by atoms with Crippen LogP contribution in [0, 0.1) is 5.82 Å². The highest BCUT2D eigenvalue weighted by Crippen LogP contribution is 2.10. The summed E-state index contributed by atoms with van der Waals surface area (Å²) < 4.78 is 17.8. The summed E-state index contributed by atoms with van der Waals surface area (Å²) in [6.45, 7) is 4.55. The van der Waals surface area contributed by atoms with Gasteiger partial charge in [-0.3, -0.25) is 0 Å². The van der Waals surface area contributed by atoms with Gasteiger partial charge >= 0.3 is 0 Å². The molecule has 0 fully saturated rings. The van der Waals surface area contributed by atoms with Crippen LogP contribution < -0.4 is 4.74 Å². The molecule has 0 radical (unpaired) electrons. The first kappa shape index (κ1) is 9.78. The molecule has 13 heavy (non-hydrogen) atoms. The number of rotatable bonds is 3. The molecule has 1 aromatic rings. The Bertz CT molecular complexity index is 283. The van der Waals surface area contributed by atoms with Crippen molar-refractivity contribution < 1.29 is 9.13 Å². The van der Waals surface area contributed by atoms with Gasteiger partial charge < -0.3 is 4.74 Å². The minimum atomic E-state index is -0.241. The fourth-order valence-corrected chi connectivity index (χ4v) is 0.835. The lowest BCUT2D eigenvalue weighted by Gasteiger charge is -2.02. The number of halogens is 1. The van der Waals surface area contributed by atoms with E-state index in [1.165, 1.54) is 17.7 Å². The van der Waals surface area contributed by atoms with Crippen LogP contribution >= 0.6 is 0 Å². The molecule has 0 aromatic heterocycles. The zero-order valence-corrected chi connectivity index (χ0v) is 7.88. The first-order valence-electron chi connectivity index (χ1n) is 4.20. The molecule has 0 heterocycles. The van der Waals surface area contributed by atoms with Gasteiger partial charge in [0.2, 0.25) is 0 Å². The van der Waals surface area contributed by atoms with Gasteiger partial charge in [0, 0.05) is 0 Å². The first-order chi connectivity index (χ1) is 6.18. The van der Waals surface area contributed by atoms with Crippen molar-refractivity contribution in [3.05, 3.63) is 41.7 Å². The molecule has 1 rings (SSSR count). The summed E-state index contributed by atoms with van der Waals surface area (Å²) >= 11 is 0. The summed E-state index contributed by atoms with van der Waals surface area (Å²) in [5.74, 6) is 0.452. The van der Waals surface area contributed by atoms with Crippen LogP contribution in [0.25, 0.3) is 0 Å². The SMILES string of the molecule is CC(C)=CCOc1ccc(F)cc1. The van der Waals surface area contributed by atoms with E-state index in [-0.39, 0.29) is 5.82 Å². The van der Waals surface area contributed by atoms with Crippen LogP contribution in [-0.2, 0) is 0 Å². The van der Waals surface area contributed by atoms with Gasteiger partial charge in [-0.05, 0) is 44.2 Å². The Morgan fingerprint density at radius 1 is 1.31 bits per heavy atom. The molecule has 2 heteroatoms. The number of benzene rings is 1. The van der Waals surface area contributed by atoms with Crippen molar-refractivity contribution in [2.75, 3.05) is 6.61 Å². The van der Waals surface area contributed by atoms with Gasteiger partial charge in [0.1, 0.15) is 18.2 Å². The van der Waals surface area contributed by atoms with Crippen LogP contribution in [0.15, 0.2) is 35.9 Å². The van der Waals surface area contributed by atoms with Crippen molar-refractivity contribution in [2.45, 2.75) is 13.8 Å². The molecular weight excluding hydrogens is 167 g/mol. The van der Waals surface area contributed by atoms with Crippen LogP contribution in [0.2, 0.25) is 0 Å². The first-order valence-corrected chi connectivity index (χ1v) is 4.20. The van der Waals surface area contributed by atoms with Crippen molar-refractivity contribution in [3.63, 3.8) is 0 Å². The van der Waals surface area contributed by atoms with Crippen LogP contribution in [0.1, 0.15) is 13.8 Å². The maximum absolute atomic E-state index is 12.5. The van der Waals surface area contributed by atoms with Gasteiger partial charge in [0.15, 0.2) is 0 Å². The molecule has 0 amide bonds. The third kappa shape index (κ3) is 3.74. The van der Waals surface area contributed by atoms with E-state index in [1.54, 1.807) is 12.1 Å². The number of allylic oxidation sites excluding steroid dienone is 1. The summed E-state index contributed by atoms with van der Waals surface area (Å²) in [7, 11) is 0. The van der Waals surface area contributed by atoms with Crippen molar-refractivity contribution in [2.24, 2.45) is 0 Å². The second-order valence-electron chi connectivity index (χ2n) is 3.05. The van der Waals surface area contributed by atoms with E-state index in [0.29, 0.717) is 12.4 Å². The standard InChI is InChI=1S/C11H13FO/c1-9(2)7-8-13-11-5-3-10(12)4-6-11/h3-7H,8H2,1-2H3. The summed E-state index contributed by atoms with van der Waals surface area (Å²) in [6.07, 6.45) is 1.98. The van der Waals surface area contributed by atoms with Crippen LogP contribution in [0.4, 0.5) is 4.39 Å². The van der Waals surface area contributed by atoms with Crippen molar-refractivity contribution in [1.82, 2.24) is 0 Å². The molecular formula is C11H13FO. The van der Waals surface area contributed by atoms with E-state index in [4.69, 9.17) is 4.74 Å². The Morgan fingerprint density at radius 3 is 2.46 bits per heavy atom. The summed E-state index contributed by atoms with van der Waals surface area (Å²) in [5.41, 5.74) is 1.21. The van der Waals surface area contributed by atoms with E-state index in [9.17, 15) is 4.39 Å². The predicted octanol–water partition coefficient (Wildman–Crippen LogP) is 3.17. The van der Waals surface area contributed by atoms with E-state index in [0.717, 1.165) is 0 Å². The molecule has 0 aliphatic heterocycles. The molecule has 0 aliphatic rings. The highest BCUT2D eigenvalue weighted by molar-refractivity contribution is 5.22. The smallest absolute Gasteiger partial charge is 0.123 e. The summed E-state index contributed by atoms with van der Waals surface area (Å²) in [6, 6.07) is 6.01. The van der Waals surface area contributed by atoms with Gasteiger partial charge in [-0.15, -0.1) is 0 Å². The predicted molar refractivity (Wildman–Crippen MR) is 51.3 cm³/mol. The Morgan fingerprint density at radius 2 is 1.92 bits per heavy atom. The molecule has 0 saturated heterocycles. The number of hydrogen-bond donors (Lipinski definition) is 0. The van der Waals surface area contributed by atoms with Gasteiger partial charge in [-0.25, -0.2) is 4.39 Å². The van der Waals surface area contributed by atoms with E-state index in [2.05, 4.69) is 0 Å². The minimum Gasteiger partial charge on any atom is -0.490 e. The minimum absolute atomic E-state index is 0.241. The quantitative estimate of drug-likeness (QED) is 0.649. The number of ether oxygens (including phenoxy) is 1. The number of hydrogen-bond acceptors (Lipinski definition) is 1. The molecule has 0 unspecified atom stereocenters. The summed E-state index contributed by atoms with van der Waals surface area (Å²) in [4.78, 5) is 0. The lowest BCUT2D eigenvalue weighted by atomic mass is 10.3. The highest BCUT2D eigenvalue weighted by Gasteiger charge is 1.91. The highest BCUT2D eigenvalue weighted by atomic mass is 19.1. The largest absolute Gasteiger partial charge is 0.490 e. The van der Waals surface area contributed by atoms with E-state index < -0.39 is 0 Å². The molecule has 0 bridgehead atoms. The van der Waals surface area contributed by atoms with Gasteiger partial charge in [-0.1, -0.05) is 5.57 Å². The van der Waals surface area contributed by atoms with Crippen LogP contribution in [0.5, 0.6) is 5.75 Å². The maximum atomic E-state index is 12.5. The fraction of sp³-hybridized carbons (Fsp3) is 0.273. The Hall–Kier alpha value is -1.31. The van der Waals surface area contributed by atoms with Crippen LogP contribution in [-0.4, -0.2) is 6.61 Å². The lowest BCUT2D eigenvalue weighted by molar-refractivity contribution is 0.361. The normalized spacial score (nSPS) is 9.46. The van der Waals surface area contributed by atoms with Crippen molar-refractivity contribution in [3.8, 4) is 5.75 Å². The third-order valence-electron chi connectivity index (χ3n) is 1.56. The molecule has 0 spiro atoms. The molecule has 0 atom stereocenters. The maximum Gasteiger partial charge on any atom is 0.123 e. The van der Waals surface area contributed by atoms with Crippen LogP contribution in [0.3, 0.4) is 0 Å². The third-order valence-corrected chi connectivity index (χ3v) is 1.56. The second kappa shape index (κ2) is 4.65. The molecule has 70 valence electrons. The topological polar surface area (TPSA) is 9.23 Å². The van der Waals surface area contributed by atoms with E-state index >= 15 is 0 Å². The fourth-order valence-electron chi connectivity index (χ4n) is 0.835. The molecule has 1 aromatic carbocycles. The van der Waals surface area contributed by atoms with Gasteiger partial charge in [0.25, 0.3) is 0 Å². The molecule has 1 nitrogen and oxygen atoms in total. The molecule has 0 aliphatic carbocycles. The lowest BCUT2D eigenvalue weighted by Crippen LogP contribution is -1.93. The van der Waals surface area contributed by atoms with Gasteiger partial charge in [-0.2, -0.15) is 0 Å². The van der Waals surface area contributed by atoms with Crippen molar-refractivity contribution >= 4 is 0 Å². The molecule has 0 N–H and O–H groups in total. The van der Waals surface area contributed by atoms with Crippen molar-refractivity contribution in [1.29, 1.82) is 0 Å². The zero-order chi connectivity index (χ0) is 9.68. The second-order valence-corrected chi connectivity index (χ2v) is 3.05. The average molecular weight is 180 g/mol. The Kier molecular flexibility index (Phi) is 3.50. The molecule has 0 saturated carbocycles. The monoisotopic (exact) mass is 180 g/mol. The Labute approximate surface area is 77.8 Å². The van der Waals surface area contributed by atoms with Gasteiger partial charge in [0.05, 0.1) is 0 Å². The zero-order valence-electron chi connectivity index (χ0n) is 7.88. The Balaban J connectivity index is 2.46. The average Bonchev–Trinajstić information content (AvgIpc) is 2.08.